The van der Waals surface area contributed by atoms with Crippen LogP contribution < -0.4 is 0 Å². The average molecular weight is 477 g/mol. The second kappa shape index (κ2) is 6.87. The molecule has 1 heterocycles. The number of nitrogens with one attached hydrogen (secondary N) is 1. The summed E-state index contributed by atoms with van der Waals surface area (Å²) >= 11 is 0. The van der Waals surface area contributed by atoms with Crippen molar-refractivity contribution in [3.05, 3.63) is 41.4 Å². The summed E-state index contributed by atoms with van der Waals surface area (Å²) in [5, 5.41) is 18.9. The van der Waals surface area contributed by atoms with Crippen LogP contribution in [0.25, 0.3) is 0 Å². The largest absolute Gasteiger partial charge is 0.512 e. The Kier molecular flexibility index (Phi) is 4.68. The quantitative estimate of drug-likeness (QED) is 0.316. The molecule has 1 aromatic heterocycles. The fraction of sp³-hybridized carbons (Fsp3) is 0.781. The minimum absolute atomic E-state index is 0.107. The van der Waals surface area contributed by atoms with Crippen molar-refractivity contribution in [2.45, 2.75) is 112 Å². The Hall–Kier alpha value is -1.51. The predicted octanol–water partition coefficient (Wildman–Crippen LogP) is 8.30. The topological polar surface area (TPSA) is 48.9 Å². The van der Waals surface area contributed by atoms with Gasteiger partial charge in [-0.05, 0) is 103 Å². The van der Waals surface area contributed by atoms with Crippen LogP contribution in [0.15, 0.2) is 30.2 Å². The van der Waals surface area contributed by atoms with Gasteiger partial charge < -0.3 is 5.11 Å². The molecular weight excluding hydrogens is 428 g/mol. The first-order chi connectivity index (χ1) is 16.2. The molecule has 5 aliphatic rings. The highest BCUT2D eigenvalue weighted by molar-refractivity contribution is 5.39. The van der Waals surface area contributed by atoms with E-state index < -0.39 is 0 Å². The summed E-state index contributed by atoms with van der Waals surface area (Å²) in [5.41, 5.74) is 5.63. The first-order valence-electron chi connectivity index (χ1n) is 14.3. The third kappa shape index (κ3) is 2.77. The number of rotatable bonds is 1. The lowest BCUT2D eigenvalue weighted by molar-refractivity contribution is -0.159. The predicted molar refractivity (Wildman–Crippen MR) is 143 cm³/mol. The van der Waals surface area contributed by atoms with Crippen molar-refractivity contribution < 1.29 is 5.11 Å². The van der Waals surface area contributed by atoms with Crippen LogP contribution in [-0.2, 0) is 11.8 Å². The maximum Gasteiger partial charge on any atom is 0.0918 e. The lowest BCUT2D eigenvalue weighted by Crippen LogP contribution is -2.64. The molecule has 1 aromatic rings. The molecule has 0 aliphatic heterocycles. The molecule has 35 heavy (non-hydrogen) atoms. The zero-order chi connectivity index (χ0) is 25.2. The minimum atomic E-state index is -0.107. The van der Waals surface area contributed by atoms with E-state index in [0.717, 1.165) is 19.3 Å². The zero-order valence-corrected chi connectivity index (χ0v) is 23.4. The van der Waals surface area contributed by atoms with E-state index in [1.54, 1.807) is 5.57 Å². The standard InChI is InChI=1S/C32H48N2O/c1-20(35)32-15-13-27(2,3)18-23(32)22-9-10-25-29(6)17-21-19-33-34-26(21)28(4,5)24(29)11-12-31(25,8)30(22,7)14-16-32/h9,19,23-25,35H,1,10-18H2,2-8H3,(H,33,34)/t23?,24?,25?,29-,30+,31+,32+/m0/s1. The molecule has 0 radical (unpaired) electrons. The van der Waals surface area contributed by atoms with Crippen LogP contribution in [0, 0.1) is 44.8 Å². The third-order valence-electron chi connectivity index (χ3n) is 13.3. The molecule has 5 aliphatic carbocycles. The number of fused-ring (bicyclic) bond motifs is 8. The molecule has 3 saturated carbocycles. The van der Waals surface area contributed by atoms with Crippen molar-refractivity contribution in [2.24, 2.45) is 44.8 Å². The van der Waals surface area contributed by atoms with Gasteiger partial charge in [-0.3, -0.25) is 5.10 Å². The number of aromatic amines is 1. The number of hydrogen-bond donors (Lipinski definition) is 2. The van der Waals surface area contributed by atoms with Crippen molar-refractivity contribution in [3.8, 4) is 0 Å². The monoisotopic (exact) mass is 476 g/mol. The molecule has 3 nitrogen and oxygen atoms in total. The van der Waals surface area contributed by atoms with Gasteiger partial charge in [0.1, 0.15) is 0 Å². The maximum absolute atomic E-state index is 11.0. The number of hydrogen-bond acceptors (Lipinski definition) is 2. The van der Waals surface area contributed by atoms with Gasteiger partial charge in [-0.1, -0.05) is 66.7 Å². The van der Waals surface area contributed by atoms with Crippen molar-refractivity contribution in [2.75, 3.05) is 0 Å². The van der Waals surface area contributed by atoms with Crippen LogP contribution >= 0.6 is 0 Å². The SMILES string of the molecule is C=C(O)[C@]12CCC(C)(C)CC1C1=CCC3[C@@]4(C)Cc5cn[nH]c5C(C)(C)C4CC[C@@]3(C)[C@]1(C)CC2. The first kappa shape index (κ1) is 23.9. The number of aliphatic hydroxyl groups excluding tert-OH is 1. The highest BCUT2D eigenvalue weighted by Gasteiger charge is 2.68. The van der Waals surface area contributed by atoms with Crippen LogP contribution in [-0.4, -0.2) is 15.3 Å². The Morgan fingerprint density at radius 1 is 1.00 bits per heavy atom. The van der Waals surface area contributed by atoms with Crippen LogP contribution in [0.4, 0.5) is 0 Å². The average Bonchev–Trinajstić information content (AvgIpc) is 3.22. The molecule has 0 amide bonds. The molecule has 0 spiro atoms. The van der Waals surface area contributed by atoms with Crippen molar-refractivity contribution in [3.63, 3.8) is 0 Å². The van der Waals surface area contributed by atoms with Crippen molar-refractivity contribution >= 4 is 0 Å². The summed E-state index contributed by atoms with van der Waals surface area (Å²) in [4.78, 5) is 0. The number of H-pyrrole nitrogens is 1. The molecule has 3 unspecified atom stereocenters. The van der Waals surface area contributed by atoms with Crippen LogP contribution in [0.1, 0.15) is 111 Å². The van der Waals surface area contributed by atoms with Crippen LogP contribution in [0.3, 0.4) is 0 Å². The first-order valence-corrected chi connectivity index (χ1v) is 14.3. The Labute approximate surface area is 213 Å². The highest BCUT2D eigenvalue weighted by atomic mass is 16.3. The molecular formula is C32H48N2O. The number of aromatic nitrogens is 2. The Bertz CT molecular complexity index is 1110. The van der Waals surface area contributed by atoms with Gasteiger partial charge in [-0.15, -0.1) is 0 Å². The van der Waals surface area contributed by atoms with E-state index in [1.807, 2.05) is 0 Å². The smallest absolute Gasteiger partial charge is 0.0918 e. The van der Waals surface area contributed by atoms with Gasteiger partial charge in [0.25, 0.3) is 0 Å². The second-order valence-electron chi connectivity index (χ2n) is 15.5. The van der Waals surface area contributed by atoms with Gasteiger partial charge in [0.2, 0.25) is 0 Å². The lowest BCUT2D eigenvalue weighted by atomic mass is 9.33. The van der Waals surface area contributed by atoms with E-state index in [1.165, 1.54) is 49.8 Å². The molecule has 0 aromatic carbocycles. The number of nitrogens with zero attached hydrogens (tertiary/aromatic N) is 1. The van der Waals surface area contributed by atoms with Gasteiger partial charge in [0.05, 0.1) is 12.0 Å². The molecule has 3 heteroatoms. The van der Waals surface area contributed by atoms with Crippen molar-refractivity contribution in [1.29, 1.82) is 0 Å². The van der Waals surface area contributed by atoms with E-state index >= 15 is 0 Å². The van der Waals surface area contributed by atoms with Gasteiger partial charge >= 0.3 is 0 Å². The van der Waals surface area contributed by atoms with E-state index in [2.05, 4.69) is 77.5 Å². The summed E-state index contributed by atoms with van der Waals surface area (Å²) < 4.78 is 0. The van der Waals surface area contributed by atoms with Crippen molar-refractivity contribution in [1.82, 2.24) is 10.2 Å². The summed E-state index contributed by atoms with van der Waals surface area (Å²) in [6, 6.07) is 0. The van der Waals surface area contributed by atoms with E-state index in [9.17, 15) is 5.11 Å². The third-order valence-corrected chi connectivity index (χ3v) is 13.3. The van der Waals surface area contributed by atoms with Gasteiger partial charge in [-0.2, -0.15) is 5.10 Å². The minimum Gasteiger partial charge on any atom is -0.512 e. The van der Waals surface area contributed by atoms with Gasteiger partial charge in [0.15, 0.2) is 0 Å². The molecule has 2 N–H and O–H groups in total. The molecule has 6 rings (SSSR count). The summed E-state index contributed by atoms with van der Waals surface area (Å²) in [6.45, 7) is 21.9. The van der Waals surface area contributed by atoms with E-state index in [0.29, 0.717) is 28.9 Å². The number of aliphatic hydroxyl groups is 1. The lowest BCUT2D eigenvalue weighted by Gasteiger charge is -2.70. The molecule has 3 fully saturated rings. The maximum atomic E-state index is 11.0. The normalized spacial score (nSPS) is 47.3. The molecule has 0 saturated heterocycles. The van der Waals surface area contributed by atoms with Gasteiger partial charge in [0, 0.05) is 16.5 Å². The summed E-state index contributed by atoms with van der Waals surface area (Å²) in [5.74, 6) is 2.25. The van der Waals surface area contributed by atoms with E-state index in [-0.39, 0.29) is 27.1 Å². The fourth-order valence-electron chi connectivity index (χ4n) is 11.1. The molecule has 0 bridgehead atoms. The van der Waals surface area contributed by atoms with E-state index in [4.69, 9.17) is 0 Å². The Morgan fingerprint density at radius 2 is 1.71 bits per heavy atom. The summed E-state index contributed by atoms with van der Waals surface area (Å²) in [7, 11) is 0. The Balaban J connectivity index is 1.47. The number of allylic oxidation sites excluding steroid dienone is 3. The van der Waals surface area contributed by atoms with Crippen LogP contribution in [0.2, 0.25) is 0 Å². The molecule has 192 valence electrons. The summed E-state index contributed by atoms with van der Waals surface area (Å²) in [6.07, 6.45) is 15.5. The van der Waals surface area contributed by atoms with Crippen LogP contribution in [0.5, 0.6) is 0 Å². The highest BCUT2D eigenvalue weighted by Crippen LogP contribution is 2.75. The zero-order valence-electron chi connectivity index (χ0n) is 23.4. The second-order valence-corrected chi connectivity index (χ2v) is 15.5. The fourth-order valence-corrected chi connectivity index (χ4v) is 11.1. The molecule has 7 atom stereocenters. The Morgan fingerprint density at radius 3 is 2.43 bits per heavy atom. The van der Waals surface area contributed by atoms with Gasteiger partial charge in [-0.25, -0.2) is 0 Å².